The van der Waals surface area contributed by atoms with Crippen molar-refractivity contribution in [2.45, 2.75) is 27.2 Å². The van der Waals surface area contributed by atoms with Gasteiger partial charge in [0.05, 0.1) is 6.20 Å². The second-order valence-electron chi connectivity index (χ2n) is 4.64. The third-order valence-electron chi connectivity index (χ3n) is 2.80. The molecule has 0 bridgehead atoms. The van der Waals surface area contributed by atoms with Crippen molar-refractivity contribution in [3.8, 4) is 11.6 Å². The molecule has 1 N–H and O–H groups in total. The molecule has 0 aliphatic carbocycles. The SMILES string of the molecule is CCCNc1ncc(Cl)c(Oc2cc(C)ccc2C)n1. The van der Waals surface area contributed by atoms with Crippen LogP contribution in [0.15, 0.2) is 24.4 Å². The Kier molecular flexibility index (Phi) is 4.79. The lowest BCUT2D eigenvalue weighted by Crippen LogP contribution is -2.05. The number of ether oxygens (including phenoxy) is 1. The van der Waals surface area contributed by atoms with E-state index in [-0.39, 0.29) is 0 Å². The number of nitrogens with one attached hydrogen (secondary N) is 1. The normalized spacial score (nSPS) is 10.4. The highest BCUT2D eigenvalue weighted by Crippen LogP contribution is 2.30. The summed E-state index contributed by atoms with van der Waals surface area (Å²) in [7, 11) is 0. The molecule has 2 aromatic rings. The molecule has 4 nitrogen and oxygen atoms in total. The van der Waals surface area contributed by atoms with Crippen molar-refractivity contribution >= 4 is 17.5 Å². The summed E-state index contributed by atoms with van der Waals surface area (Å²) in [6, 6.07) is 6.01. The minimum absolute atomic E-state index is 0.369. The van der Waals surface area contributed by atoms with Crippen LogP contribution in [0.5, 0.6) is 11.6 Å². The number of rotatable bonds is 5. The Hall–Kier alpha value is -1.81. The van der Waals surface area contributed by atoms with Gasteiger partial charge in [-0.2, -0.15) is 4.98 Å². The van der Waals surface area contributed by atoms with Crippen LogP contribution in [0.3, 0.4) is 0 Å². The molecule has 1 aromatic carbocycles. The molecule has 0 atom stereocenters. The number of aryl methyl sites for hydroxylation is 2. The smallest absolute Gasteiger partial charge is 0.243 e. The molecule has 0 saturated heterocycles. The van der Waals surface area contributed by atoms with Crippen LogP contribution in [0.4, 0.5) is 5.95 Å². The average Bonchev–Trinajstić information content (AvgIpc) is 2.43. The van der Waals surface area contributed by atoms with Crippen molar-refractivity contribution < 1.29 is 4.74 Å². The van der Waals surface area contributed by atoms with Crippen LogP contribution >= 0.6 is 11.6 Å². The van der Waals surface area contributed by atoms with Gasteiger partial charge in [-0.05, 0) is 37.5 Å². The molecule has 0 spiro atoms. The third kappa shape index (κ3) is 3.61. The molecule has 0 aliphatic heterocycles. The number of halogens is 1. The minimum Gasteiger partial charge on any atom is -0.437 e. The van der Waals surface area contributed by atoms with Crippen LogP contribution in [0.1, 0.15) is 24.5 Å². The van der Waals surface area contributed by atoms with Crippen molar-refractivity contribution in [1.29, 1.82) is 0 Å². The quantitative estimate of drug-likeness (QED) is 0.889. The summed E-state index contributed by atoms with van der Waals surface area (Å²) >= 11 is 6.09. The van der Waals surface area contributed by atoms with Crippen LogP contribution in [0.25, 0.3) is 0 Å². The molecule has 20 heavy (non-hydrogen) atoms. The summed E-state index contributed by atoms with van der Waals surface area (Å²) in [6.45, 7) is 6.89. The molecular weight excluding hydrogens is 274 g/mol. The molecule has 0 aliphatic rings. The van der Waals surface area contributed by atoms with E-state index >= 15 is 0 Å². The van der Waals surface area contributed by atoms with E-state index < -0.39 is 0 Å². The minimum atomic E-state index is 0.369. The molecule has 1 heterocycles. The van der Waals surface area contributed by atoms with Crippen LogP contribution in [-0.4, -0.2) is 16.5 Å². The van der Waals surface area contributed by atoms with Crippen molar-refractivity contribution in [3.05, 3.63) is 40.5 Å². The summed E-state index contributed by atoms with van der Waals surface area (Å²) in [5.74, 6) is 1.65. The zero-order valence-corrected chi connectivity index (χ0v) is 12.7. The molecule has 1 aromatic heterocycles. The monoisotopic (exact) mass is 291 g/mol. The Morgan fingerprint density at radius 1 is 1.30 bits per heavy atom. The first kappa shape index (κ1) is 14.6. The van der Waals surface area contributed by atoms with Gasteiger partial charge in [-0.25, -0.2) is 4.98 Å². The molecule has 0 fully saturated rings. The number of hydrogen-bond donors (Lipinski definition) is 1. The van der Waals surface area contributed by atoms with Gasteiger partial charge in [0.1, 0.15) is 10.8 Å². The number of nitrogens with zero attached hydrogens (tertiary/aromatic N) is 2. The second kappa shape index (κ2) is 6.57. The lowest BCUT2D eigenvalue weighted by atomic mass is 10.1. The number of hydrogen-bond acceptors (Lipinski definition) is 4. The Bertz CT molecular complexity index is 602. The van der Waals surface area contributed by atoms with Gasteiger partial charge in [-0.1, -0.05) is 30.7 Å². The summed E-state index contributed by atoms with van der Waals surface area (Å²) < 4.78 is 5.82. The highest BCUT2D eigenvalue weighted by atomic mass is 35.5. The van der Waals surface area contributed by atoms with Gasteiger partial charge in [-0.15, -0.1) is 0 Å². The molecule has 0 saturated carbocycles. The lowest BCUT2D eigenvalue weighted by Gasteiger charge is -2.11. The Labute approximate surface area is 124 Å². The molecule has 2 rings (SSSR count). The molecule has 106 valence electrons. The maximum atomic E-state index is 6.09. The fourth-order valence-electron chi connectivity index (χ4n) is 1.67. The number of aromatic nitrogens is 2. The largest absolute Gasteiger partial charge is 0.437 e. The Morgan fingerprint density at radius 2 is 2.10 bits per heavy atom. The van der Waals surface area contributed by atoms with Crippen LogP contribution in [-0.2, 0) is 0 Å². The van der Waals surface area contributed by atoms with E-state index in [4.69, 9.17) is 16.3 Å². The summed E-state index contributed by atoms with van der Waals surface area (Å²) in [5, 5.41) is 3.51. The van der Waals surface area contributed by atoms with Crippen molar-refractivity contribution in [3.63, 3.8) is 0 Å². The van der Waals surface area contributed by atoms with E-state index in [9.17, 15) is 0 Å². The Balaban J connectivity index is 2.25. The standard InChI is InChI=1S/C15H18ClN3O/c1-4-7-17-15-18-9-12(16)14(19-15)20-13-8-10(2)5-6-11(13)3/h5-6,8-9H,4,7H2,1-3H3,(H,17,18,19). The van der Waals surface area contributed by atoms with Gasteiger partial charge in [0.15, 0.2) is 0 Å². The molecule has 5 heteroatoms. The Morgan fingerprint density at radius 3 is 2.85 bits per heavy atom. The number of anilines is 1. The predicted octanol–water partition coefficient (Wildman–Crippen LogP) is 4.36. The zero-order chi connectivity index (χ0) is 14.5. The maximum absolute atomic E-state index is 6.09. The average molecular weight is 292 g/mol. The van der Waals surface area contributed by atoms with Crippen LogP contribution in [0, 0.1) is 13.8 Å². The van der Waals surface area contributed by atoms with Gasteiger partial charge in [0, 0.05) is 6.54 Å². The first-order chi connectivity index (χ1) is 9.60. The fourth-order valence-corrected chi connectivity index (χ4v) is 1.80. The number of benzene rings is 1. The van der Waals surface area contributed by atoms with Crippen LogP contribution < -0.4 is 10.1 Å². The third-order valence-corrected chi connectivity index (χ3v) is 3.05. The zero-order valence-electron chi connectivity index (χ0n) is 11.9. The van der Waals surface area contributed by atoms with E-state index in [0.717, 1.165) is 29.8 Å². The second-order valence-corrected chi connectivity index (χ2v) is 5.05. The predicted molar refractivity (Wildman–Crippen MR) is 81.8 cm³/mol. The first-order valence-electron chi connectivity index (χ1n) is 6.61. The van der Waals surface area contributed by atoms with Gasteiger partial charge >= 0.3 is 0 Å². The van der Waals surface area contributed by atoms with E-state index in [1.54, 1.807) is 6.20 Å². The summed E-state index contributed by atoms with van der Waals surface area (Å²) in [6.07, 6.45) is 2.55. The summed E-state index contributed by atoms with van der Waals surface area (Å²) in [4.78, 5) is 8.42. The van der Waals surface area contributed by atoms with Crippen molar-refractivity contribution in [1.82, 2.24) is 9.97 Å². The van der Waals surface area contributed by atoms with Gasteiger partial charge in [0.25, 0.3) is 0 Å². The van der Waals surface area contributed by atoms with Gasteiger partial charge in [-0.3, -0.25) is 0 Å². The highest BCUT2D eigenvalue weighted by molar-refractivity contribution is 6.31. The van der Waals surface area contributed by atoms with Crippen LogP contribution in [0.2, 0.25) is 5.02 Å². The lowest BCUT2D eigenvalue weighted by molar-refractivity contribution is 0.459. The van der Waals surface area contributed by atoms with Gasteiger partial charge in [0.2, 0.25) is 11.8 Å². The molecular formula is C15H18ClN3O. The fraction of sp³-hybridized carbons (Fsp3) is 0.333. The molecule has 0 radical (unpaired) electrons. The van der Waals surface area contributed by atoms with E-state index in [0.29, 0.717) is 16.9 Å². The van der Waals surface area contributed by atoms with Crippen molar-refractivity contribution in [2.24, 2.45) is 0 Å². The van der Waals surface area contributed by atoms with Crippen molar-refractivity contribution in [2.75, 3.05) is 11.9 Å². The van der Waals surface area contributed by atoms with E-state index in [2.05, 4.69) is 22.2 Å². The molecule has 0 unspecified atom stereocenters. The topological polar surface area (TPSA) is 47.0 Å². The highest BCUT2D eigenvalue weighted by Gasteiger charge is 2.09. The first-order valence-corrected chi connectivity index (χ1v) is 6.99. The summed E-state index contributed by atoms with van der Waals surface area (Å²) in [5.41, 5.74) is 2.16. The van der Waals surface area contributed by atoms with Gasteiger partial charge < -0.3 is 10.1 Å². The molecule has 0 amide bonds. The van der Waals surface area contributed by atoms with E-state index in [1.807, 2.05) is 32.0 Å². The van der Waals surface area contributed by atoms with E-state index in [1.165, 1.54) is 0 Å². The maximum Gasteiger partial charge on any atom is 0.243 e.